The molecule has 1 N–H and O–H groups in total. The number of nitrogens with one attached hydrogen (secondary N) is 1. The number of halogens is 1. The molecule has 1 saturated heterocycles. The first-order valence-electron chi connectivity index (χ1n) is 10.3. The maximum Gasteiger partial charge on any atom is 0.326 e. The van der Waals surface area contributed by atoms with Crippen LogP contribution in [-0.4, -0.2) is 55.7 Å². The van der Waals surface area contributed by atoms with Gasteiger partial charge in [0.1, 0.15) is 0 Å². The van der Waals surface area contributed by atoms with Gasteiger partial charge in [-0.3, -0.25) is 9.88 Å². The lowest BCUT2D eigenvalue weighted by molar-refractivity contribution is 0.257. The molecule has 2 aromatic carbocycles. The van der Waals surface area contributed by atoms with Gasteiger partial charge in [-0.1, -0.05) is 17.7 Å². The van der Waals surface area contributed by atoms with E-state index < -0.39 is 0 Å². The van der Waals surface area contributed by atoms with Crippen molar-refractivity contribution >= 4 is 45.6 Å². The van der Waals surface area contributed by atoms with Gasteiger partial charge >= 0.3 is 6.03 Å². The molecule has 0 bridgehead atoms. The summed E-state index contributed by atoms with van der Waals surface area (Å²) in [6.07, 6.45) is 2.58. The summed E-state index contributed by atoms with van der Waals surface area (Å²) in [5.41, 5.74) is 4.76. The van der Waals surface area contributed by atoms with E-state index in [9.17, 15) is 4.79 Å². The third kappa shape index (κ3) is 3.57. The zero-order valence-corrected chi connectivity index (χ0v) is 17.7. The highest BCUT2D eigenvalue weighted by atomic mass is 35.5. The number of amides is 2. The fraction of sp³-hybridized carbons (Fsp3) is 0.304. The summed E-state index contributed by atoms with van der Waals surface area (Å²) < 4.78 is 0. The van der Waals surface area contributed by atoms with Gasteiger partial charge in [0.2, 0.25) is 0 Å². The van der Waals surface area contributed by atoms with Crippen molar-refractivity contribution in [1.29, 1.82) is 0 Å². The summed E-state index contributed by atoms with van der Waals surface area (Å²) in [4.78, 5) is 23.9. The van der Waals surface area contributed by atoms with Gasteiger partial charge in [-0.2, -0.15) is 0 Å². The SMILES string of the molecule is CN1CCN(c2cc3c(cc2Cl)CCN3C(=O)Nc2ccc3ncccc3c2)CC1. The summed E-state index contributed by atoms with van der Waals surface area (Å²) in [7, 11) is 2.14. The van der Waals surface area contributed by atoms with Crippen LogP contribution in [0.2, 0.25) is 5.02 Å². The van der Waals surface area contributed by atoms with Crippen LogP contribution in [0.25, 0.3) is 10.9 Å². The summed E-state index contributed by atoms with van der Waals surface area (Å²) >= 11 is 6.61. The van der Waals surface area contributed by atoms with Gasteiger partial charge in [-0.25, -0.2) is 4.79 Å². The van der Waals surface area contributed by atoms with E-state index in [4.69, 9.17) is 11.6 Å². The zero-order chi connectivity index (χ0) is 20.7. The van der Waals surface area contributed by atoms with Gasteiger partial charge in [0.15, 0.2) is 0 Å². The predicted octanol–water partition coefficient (Wildman–Crippen LogP) is 4.23. The molecule has 7 heteroatoms. The number of nitrogens with zero attached hydrogens (tertiary/aromatic N) is 4. The van der Waals surface area contributed by atoms with Crippen molar-refractivity contribution in [2.24, 2.45) is 0 Å². The predicted molar refractivity (Wildman–Crippen MR) is 123 cm³/mol. The normalized spacial score (nSPS) is 16.7. The minimum Gasteiger partial charge on any atom is -0.368 e. The van der Waals surface area contributed by atoms with Crippen LogP contribution in [0.1, 0.15) is 5.56 Å². The Kier molecular flexibility index (Phi) is 4.97. The third-order valence-corrected chi connectivity index (χ3v) is 6.29. The van der Waals surface area contributed by atoms with Crippen molar-refractivity contribution in [2.45, 2.75) is 6.42 Å². The quantitative estimate of drug-likeness (QED) is 0.672. The first-order chi connectivity index (χ1) is 14.6. The second kappa shape index (κ2) is 7.78. The average molecular weight is 422 g/mol. The highest BCUT2D eigenvalue weighted by molar-refractivity contribution is 6.33. The lowest BCUT2D eigenvalue weighted by Crippen LogP contribution is -2.44. The number of piperazine rings is 1. The maximum atomic E-state index is 13.1. The molecule has 0 unspecified atom stereocenters. The van der Waals surface area contributed by atoms with E-state index in [-0.39, 0.29) is 6.03 Å². The van der Waals surface area contributed by atoms with E-state index in [2.05, 4.69) is 33.2 Å². The molecular weight excluding hydrogens is 398 g/mol. The molecule has 3 heterocycles. The third-order valence-electron chi connectivity index (χ3n) is 5.99. The standard InChI is InChI=1S/C23H24ClN5O/c1-27-9-11-28(12-10-27)22-15-21-17(14-19(22)24)6-8-29(21)23(30)26-18-4-5-20-16(13-18)3-2-7-25-20/h2-5,7,13-15H,6,8-12H2,1H3,(H,26,30). The maximum absolute atomic E-state index is 13.1. The number of rotatable bonds is 2. The molecule has 0 atom stereocenters. The molecule has 154 valence electrons. The van der Waals surface area contributed by atoms with Crippen LogP contribution >= 0.6 is 11.6 Å². The van der Waals surface area contributed by atoms with Crippen LogP contribution in [-0.2, 0) is 6.42 Å². The number of hydrogen-bond acceptors (Lipinski definition) is 4. The number of carbonyl (C=O) groups excluding carboxylic acids is 1. The highest BCUT2D eigenvalue weighted by Gasteiger charge is 2.28. The first kappa shape index (κ1) is 19.2. The molecule has 0 radical (unpaired) electrons. The largest absolute Gasteiger partial charge is 0.368 e. The summed E-state index contributed by atoms with van der Waals surface area (Å²) in [5.74, 6) is 0. The summed E-state index contributed by atoms with van der Waals surface area (Å²) in [6, 6.07) is 13.6. The molecule has 6 nitrogen and oxygen atoms in total. The van der Waals surface area contributed by atoms with Crippen LogP contribution in [0.15, 0.2) is 48.7 Å². The van der Waals surface area contributed by atoms with E-state index >= 15 is 0 Å². The number of urea groups is 1. The highest BCUT2D eigenvalue weighted by Crippen LogP contribution is 2.38. The van der Waals surface area contributed by atoms with Crippen molar-refractivity contribution in [3.05, 3.63) is 59.2 Å². The second-order valence-corrected chi connectivity index (χ2v) is 8.37. The van der Waals surface area contributed by atoms with Crippen molar-refractivity contribution < 1.29 is 4.79 Å². The van der Waals surface area contributed by atoms with Crippen molar-refractivity contribution in [3.63, 3.8) is 0 Å². The Morgan fingerprint density at radius 2 is 1.87 bits per heavy atom. The molecule has 3 aromatic rings. The van der Waals surface area contributed by atoms with Gasteiger partial charge < -0.3 is 15.1 Å². The molecule has 30 heavy (non-hydrogen) atoms. The minimum atomic E-state index is -0.122. The Hall–Kier alpha value is -2.83. The van der Waals surface area contributed by atoms with Crippen LogP contribution in [0.5, 0.6) is 0 Å². The molecule has 1 fully saturated rings. The van der Waals surface area contributed by atoms with E-state index in [0.717, 1.165) is 71.2 Å². The van der Waals surface area contributed by atoms with Crippen LogP contribution in [0.3, 0.4) is 0 Å². The van der Waals surface area contributed by atoms with E-state index in [0.29, 0.717) is 6.54 Å². The van der Waals surface area contributed by atoms with Crippen LogP contribution in [0.4, 0.5) is 21.9 Å². The van der Waals surface area contributed by atoms with Crippen molar-refractivity contribution in [2.75, 3.05) is 54.9 Å². The topological polar surface area (TPSA) is 51.7 Å². The van der Waals surface area contributed by atoms with Gasteiger partial charge in [0, 0.05) is 50.0 Å². The first-order valence-corrected chi connectivity index (χ1v) is 10.7. The minimum absolute atomic E-state index is 0.122. The molecule has 2 amide bonds. The lowest BCUT2D eigenvalue weighted by Gasteiger charge is -2.35. The van der Waals surface area contributed by atoms with E-state index in [1.54, 1.807) is 6.20 Å². The number of pyridine rings is 1. The Morgan fingerprint density at radius 3 is 2.70 bits per heavy atom. The second-order valence-electron chi connectivity index (χ2n) is 7.97. The van der Waals surface area contributed by atoms with Gasteiger partial charge in [0.25, 0.3) is 0 Å². The fourth-order valence-corrected chi connectivity index (χ4v) is 4.55. The Bertz CT molecular complexity index is 1110. The zero-order valence-electron chi connectivity index (χ0n) is 16.9. The monoisotopic (exact) mass is 421 g/mol. The average Bonchev–Trinajstić information content (AvgIpc) is 3.16. The molecule has 0 aliphatic carbocycles. The molecule has 1 aromatic heterocycles. The number of hydrogen-bond donors (Lipinski definition) is 1. The summed E-state index contributed by atoms with van der Waals surface area (Å²) in [6.45, 7) is 4.54. The van der Waals surface area contributed by atoms with Gasteiger partial charge in [-0.15, -0.1) is 0 Å². The number of anilines is 3. The molecular formula is C23H24ClN5O. The Balaban J connectivity index is 1.39. The molecule has 0 saturated carbocycles. The van der Waals surface area contributed by atoms with Crippen LogP contribution in [0, 0.1) is 0 Å². The number of aromatic nitrogens is 1. The van der Waals surface area contributed by atoms with E-state index in [1.807, 2.05) is 41.3 Å². The molecule has 2 aliphatic rings. The van der Waals surface area contributed by atoms with E-state index in [1.165, 1.54) is 0 Å². The lowest BCUT2D eigenvalue weighted by atomic mass is 10.1. The number of fused-ring (bicyclic) bond motifs is 2. The van der Waals surface area contributed by atoms with Crippen molar-refractivity contribution in [3.8, 4) is 0 Å². The smallest absolute Gasteiger partial charge is 0.326 e. The van der Waals surface area contributed by atoms with Gasteiger partial charge in [-0.05, 0) is 55.4 Å². The Labute approximate surface area is 181 Å². The molecule has 0 spiro atoms. The number of benzene rings is 2. The fourth-order valence-electron chi connectivity index (χ4n) is 4.24. The van der Waals surface area contributed by atoms with Crippen LogP contribution < -0.4 is 15.1 Å². The molecule has 2 aliphatic heterocycles. The Morgan fingerprint density at radius 1 is 1.03 bits per heavy atom. The summed E-state index contributed by atoms with van der Waals surface area (Å²) in [5, 5.41) is 4.81. The number of carbonyl (C=O) groups is 1. The van der Waals surface area contributed by atoms with Crippen molar-refractivity contribution in [1.82, 2.24) is 9.88 Å². The molecule has 5 rings (SSSR count). The number of likely N-dealkylation sites (N-methyl/N-ethyl adjacent to an activating group) is 1. The van der Waals surface area contributed by atoms with Gasteiger partial charge in [0.05, 0.1) is 21.9 Å².